The van der Waals surface area contributed by atoms with Crippen LogP contribution in [0.25, 0.3) is 0 Å². The van der Waals surface area contributed by atoms with E-state index in [1.54, 1.807) is 0 Å². The Kier molecular flexibility index (Phi) is 24.8. The van der Waals surface area contributed by atoms with Crippen LogP contribution in [0.5, 0.6) is 0 Å². The van der Waals surface area contributed by atoms with Crippen LogP contribution < -0.4 is 0 Å². The van der Waals surface area contributed by atoms with Crippen LogP contribution in [0.15, 0.2) is 24.8 Å². The highest BCUT2D eigenvalue weighted by molar-refractivity contribution is 5.79. The summed E-state index contributed by atoms with van der Waals surface area (Å²) in [6.07, 6.45) is 31.2. The molecular formula is C30H54O4. The average Bonchev–Trinajstić information content (AvgIpc) is 2.82. The summed E-state index contributed by atoms with van der Waals surface area (Å²) in [5.74, 6) is -1.90. The Hall–Kier alpha value is -1.58. The molecule has 0 saturated heterocycles. The van der Waals surface area contributed by atoms with Crippen LogP contribution in [-0.2, 0) is 14.3 Å². The number of aliphatic carboxylic acids is 1. The van der Waals surface area contributed by atoms with E-state index in [1.807, 2.05) is 0 Å². The number of hydrogen-bond acceptors (Lipinski definition) is 3. The van der Waals surface area contributed by atoms with Crippen molar-refractivity contribution in [2.45, 2.75) is 142 Å². The maximum Gasteiger partial charge on any atom is 0.309 e. The number of ether oxygens (including phenoxy) is 1. The quantitative estimate of drug-likeness (QED) is 0.0764. The molecule has 0 bridgehead atoms. The number of hydrogen-bond donors (Lipinski definition) is 1. The third-order valence-electron chi connectivity index (χ3n) is 6.41. The van der Waals surface area contributed by atoms with Gasteiger partial charge in [-0.1, -0.05) is 128 Å². The number of esters is 1. The normalized spacial score (nSPS) is 12.1. The lowest BCUT2D eigenvalue weighted by Gasteiger charge is -2.13. The number of rotatable bonds is 26. The Morgan fingerprint density at radius 1 is 0.735 bits per heavy atom. The Balaban J connectivity index is 3.46. The standard InChI is InChI=1S/C30H54O4/c1-3-5-6-7-8-9-10-11-12-13-14-15-16-17-18-19-20-21-22-23-24-25-28(27-29(31)32)30(33)34-26-4-2/h4,16-17,28H,2-3,5-15,18-27H2,1H3,(H,31,32)/b17-16+. The Bertz CT molecular complexity index is 512. The van der Waals surface area contributed by atoms with E-state index in [9.17, 15) is 9.59 Å². The first-order valence-corrected chi connectivity index (χ1v) is 14.3. The SMILES string of the molecule is C=CCOC(=O)C(CCCCCCCC/C=C/CCCCCCCCCCCCC)CC(=O)O. The van der Waals surface area contributed by atoms with Gasteiger partial charge >= 0.3 is 11.9 Å². The van der Waals surface area contributed by atoms with Crippen LogP contribution in [0.3, 0.4) is 0 Å². The molecule has 0 heterocycles. The summed E-state index contributed by atoms with van der Waals surface area (Å²) in [5.41, 5.74) is 0. The molecule has 198 valence electrons. The van der Waals surface area contributed by atoms with Crippen molar-refractivity contribution < 1.29 is 19.4 Å². The van der Waals surface area contributed by atoms with Crippen LogP contribution in [0, 0.1) is 5.92 Å². The minimum Gasteiger partial charge on any atom is -0.481 e. The molecule has 0 rings (SSSR count). The number of carbonyl (C=O) groups excluding carboxylic acids is 1. The zero-order valence-corrected chi connectivity index (χ0v) is 22.2. The molecule has 0 spiro atoms. The molecule has 0 aliphatic rings. The minimum atomic E-state index is -0.947. The summed E-state index contributed by atoms with van der Waals surface area (Å²) in [6, 6.07) is 0. The largest absolute Gasteiger partial charge is 0.481 e. The highest BCUT2D eigenvalue weighted by Gasteiger charge is 2.22. The van der Waals surface area contributed by atoms with Gasteiger partial charge in [0.1, 0.15) is 6.61 Å². The molecule has 0 saturated carbocycles. The van der Waals surface area contributed by atoms with Crippen molar-refractivity contribution in [3.05, 3.63) is 24.8 Å². The zero-order valence-electron chi connectivity index (χ0n) is 22.2. The van der Waals surface area contributed by atoms with E-state index in [0.29, 0.717) is 6.42 Å². The maximum atomic E-state index is 11.9. The summed E-state index contributed by atoms with van der Waals surface area (Å²) >= 11 is 0. The molecule has 4 heteroatoms. The van der Waals surface area contributed by atoms with Gasteiger partial charge in [0.15, 0.2) is 0 Å². The van der Waals surface area contributed by atoms with Gasteiger partial charge in [0, 0.05) is 0 Å². The molecule has 0 aromatic heterocycles. The second kappa shape index (κ2) is 26.0. The molecule has 1 N–H and O–H groups in total. The number of carboxylic acids is 1. The van der Waals surface area contributed by atoms with Gasteiger partial charge in [0.25, 0.3) is 0 Å². The average molecular weight is 479 g/mol. The lowest BCUT2D eigenvalue weighted by molar-refractivity contribution is -0.152. The van der Waals surface area contributed by atoms with Crippen molar-refractivity contribution >= 4 is 11.9 Å². The second-order valence-electron chi connectivity index (χ2n) is 9.71. The molecular weight excluding hydrogens is 424 g/mol. The van der Waals surface area contributed by atoms with Crippen molar-refractivity contribution in [3.8, 4) is 0 Å². The van der Waals surface area contributed by atoms with Crippen molar-refractivity contribution in [1.29, 1.82) is 0 Å². The van der Waals surface area contributed by atoms with Gasteiger partial charge in [-0.05, 0) is 32.1 Å². The molecule has 0 aromatic carbocycles. The third kappa shape index (κ3) is 23.6. The van der Waals surface area contributed by atoms with E-state index < -0.39 is 17.9 Å². The molecule has 0 radical (unpaired) electrons. The lowest BCUT2D eigenvalue weighted by atomic mass is 9.97. The highest BCUT2D eigenvalue weighted by Crippen LogP contribution is 2.18. The van der Waals surface area contributed by atoms with Gasteiger partial charge in [0.05, 0.1) is 12.3 Å². The molecule has 1 atom stereocenters. The zero-order chi connectivity index (χ0) is 25.1. The van der Waals surface area contributed by atoms with E-state index in [1.165, 1.54) is 109 Å². The summed E-state index contributed by atoms with van der Waals surface area (Å²) in [4.78, 5) is 22.9. The first-order valence-electron chi connectivity index (χ1n) is 14.3. The molecule has 0 aliphatic heterocycles. The molecule has 4 nitrogen and oxygen atoms in total. The van der Waals surface area contributed by atoms with E-state index in [2.05, 4.69) is 25.7 Å². The fraction of sp³-hybridized carbons (Fsp3) is 0.800. The topological polar surface area (TPSA) is 63.6 Å². The predicted octanol–water partition coefficient (Wildman–Crippen LogP) is 9.18. The minimum absolute atomic E-state index is 0.142. The second-order valence-corrected chi connectivity index (χ2v) is 9.71. The number of carbonyl (C=O) groups is 2. The van der Waals surface area contributed by atoms with Gasteiger partial charge in [-0.15, -0.1) is 0 Å². The van der Waals surface area contributed by atoms with Crippen LogP contribution in [0.2, 0.25) is 0 Å². The Labute approximate surface area is 210 Å². The summed E-state index contributed by atoms with van der Waals surface area (Å²) in [6.45, 7) is 5.93. The summed E-state index contributed by atoms with van der Waals surface area (Å²) < 4.78 is 5.02. The van der Waals surface area contributed by atoms with Gasteiger partial charge < -0.3 is 9.84 Å². The first kappa shape index (κ1) is 32.4. The van der Waals surface area contributed by atoms with Gasteiger partial charge in [-0.2, -0.15) is 0 Å². The third-order valence-corrected chi connectivity index (χ3v) is 6.41. The smallest absolute Gasteiger partial charge is 0.309 e. The predicted molar refractivity (Wildman–Crippen MR) is 144 cm³/mol. The van der Waals surface area contributed by atoms with Crippen molar-refractivity contribution in [2.75, 3.05) is 6.61 Å². The number of allylic oxidation sites excluding steroid dienone is 2. The van der Waals surface area contributed by atoms with Crippen LogP contribution in [0.1, 0.15) is 142 Å². The van der Waals surface area contributed by atoms with Crippen molar-refractivity contribution in [2.24, 2.45) is 5.92 Å². The maximum absolute atomic E-state index is 11.9. The first-order chi connectivity index (χ1) is 16.6. The molecule has 0 fully saturated rings. The fourth-order valence-electron chi connectivity index (χ4n) is 4.30. The Morgan fingerprint density at radius 2 is 1.18 bits per heavy atom. The summed E-state index contributed by atoms with van der Waals surface area (Å²) in [5, 5.41) is 9.00. The fourth-order valence-corrected chi connectivity index (χ4v) is 4.30. The summed E-state index contributed by atoms with van der Waals surface area (Å²) in [7, 11) is 0. The van der Waals surface area contributed by atoms with Gasteiger partial charge in [-0.3, -0.25) is 9.59 Å². The van der Waals surface area contributed by atoms with E-state index in [-0.39, 0.29) is 13.0 Å². The van der Waals surface area contributed by atoms with E-state index >= 15 is 0 Å². The van der Waals surface area contributed by atoms with E-state index in [4.69, 9.17) is 9.84 Å². The molecule has 34 heavy (non-hydrogen) atoms. The number of unbranched alkanes of at least 4 members (excludes halogenated alkanes) is 17. The van der Waals surface area contributed by atoms with Crippen molar-refractivity contribution in [1.82, 2.24) is 0 Å². The molecule has 1 unspecified atom stereocenters. The monoisotopic (exact) mass is 478 g/mol. The molecule has 0 aromatic rings. The van der Waals surface area contributed by atoms with Crippen molar-refractivity contribution in [3.63, 3.8) is 0 Å². The van der Waals surface area contributed by atoms with Crippen LogP contribution in [0.4, 0.5) is 0 Å². The van der Waals surface area contributed by atoms with Gasteiger partial charge in [-0.25, -0.2) is 0 Å². The Morgan fingerprint density at radius 3 is 1.62 bits per heavy atom. The van der Waals surface area contributed by atoms with Crippen LogP contribution >= 0.6 is 0 Å². The van der Waals surface area contributed by atoms with E-state index in [0.717, 1.165) is 19.3 Å². The molecule has 0 aliphatic carbocycles. The highest BCUT2D eigenvalue weighted by atomic mass is 16.5. The van der Waals surface area contributed by atoms with Crippen LogP contribution in [-0.4, -0.2) is 23.7 Å². The number of carboxylic acid groups (broad SMARTS) is 1. The van der Waals surface area contributed by atoms with Gasteiger partial charge in [0.2, 0.25) is 0 Å². The molecule has 0 amide bonds. The lowest BCUT2D eigenvalue weighted by Crippen LogP contribution is -2.21.